The van der Waals surface area contributed by atoms with Crippen molar-refractivity contribution in [2.24, 2.45) is 0 Å². The molecule has 0 heterocycles. The highest BCUT2D eigenvalue weighted by molar-refractivity contribution is 9.11. The van der Waals surface area contributed by atoms with E-state index in [2.05, 4.69) is 37.9 Å². The SMILES string of the molecule is OCCCCSc1cc(Br)ccc1Br. The minimum atomic E-state index is 0.292. The molecule has 0 aliphatic carbocycles. The molecule has 1 rings (SSSR count). The zero-order chi connectivity index (χ0) is 10.4. The van der Waals surface area contributed by atoms with Crippen LogP contribution in [0.1, 0.15) is 12.8 Å². The number of halogens is 2. The summed E-state index contributed by atoms with van der Waals surface area (Å²) in [6, 6.07) is 6.16. The smallest absolute Gasteiger partial charge is 0.0431 e. The fourth-order valence-electron chi connectivity index (χ4n) is 0.984. The lowest BCUT2D eigenvalue weighted by atomic mass is 10.4. The molecule has 0 fully saturated rings. The molecular weight excluding hydrogens is 328 g/mol. The molecule has 4 heteroatoms. The molecule has 1 nitrogen and oxygen atoms in total. The van der Waals surface area contributed by atoms with Crippen LogP contribution in [-0.2, 0) is 0 Å². The Labute approximate surface area is 106 Å². The molecule has 0 saturated heterocycles. The van der Waals surface area contributed by atoms with E-state index in [1.807, 2.05) is 23.9 Å². The van der Waals surface area contributed by atoms with Crippen LogP contribution >= 0.6 is 43.6 Å². The lowest BCUT2D eigenvalue weighted by Crippen LogP contribution is -1.86. The normalized spacial score (nSPS) is 10.5. The van der Waals surface area contributed by atoms with Crippen LogP contribution in [0.2, 0.25) is 0 Å². The maximum atomic E-state index is 8.64. The van der Waals surface area contributed by atoms with Crippen molar-refractivity contribution in [1.29, 1.82) is 0 Å². The molecule has 0 bridgehead atoms. The summed E-state index contributed by atoms with van der Waals surface area (Å²) in [5.41, 5.74) is 0. The van der Waals surface area contributed by atoms with Crippen LogP contribution < -0.4 is 0 Å². The van der Waals surface area contributed by atoms with Gasteiger partial charge in [-0.05, 0) is 52.7 Å². The Morgan fingerprint density at radius 3 is 2.71 bits per heavy atom. The van der Waals surface area contributed by atoms with Crippen molar-refractivity contribution in [3.8, 4) is 0 Å². The molecule has 0 saturated carbocycles. The molecule has 0 aromatic heterocycles. The fourth-order valence-corrected chi connectivity index (χ4v) is 3.07. The first-order chi connectivity index (χ1) is 6.74. The number of unbranched alkanes of at least 4 members (excludes halogenated alkanes) is 1. The number of thioether (sulfide) groups is 1. The second-order valence-corrected chi connectivity index (χ2v) is 5.76. The van der Waals surface area contributed by atoms with E-state index in [9.17, 15) is 0 Å². The second-order valence-electron chi connectivity index (χ2n) is 2.85. The van der Waals surface area contributed by atoms with Gasteiger partial charge in [-0.15, -0.1) is 11.8 Å². The van der Waals surface area contributed by atoms with Gasteiger partial charge >= 0.3 is 0 Å². The standard InChI is InChI=1S/C10H12Br2OS/c11-8-3-4-9(12)10(7-8)14-6-2-1-5-13/h3-4,7,13H,1-2,5-6H2. The highest BCUT2D eigenvalue weighted by Crippen LogP contribution is 2.30. The average Bonchev–Trinajstić information content (AvgIpc) is 2.18. The summed E-state index contributed by atoms with van der Waals surface area (Å²) in [4.78, 5) is 1.25. The number of hydrogen-bond donors (Lipinski definition) is 1. The van der Waals surface area contributed by atoms with Gasteiger partial charge in [0.15, 0.2) is 0 Å². The zero-order valence-electron chi connectivity index (χ0n) is 7.67. The van der Waals surface area contributed by atoms with Crippen molar-refractivity contribution in [3.63, 3.8) is 0 Å². The first-order valence-corrected chi connectivity index (χ1v) is 7.00. The van der Waals surface area contributed by atoms with Gasteiger partial charge in [0.2, 0.25) is 0 Å². The van der Waals surface area contributed by atoms with Crippen molar-refractivity contribution in [3.05, 3.63) is 27.1 Å². The van der Waals surface area contributed by atoms with Gasteiger partial charge in [0.25, 0.3) is 0 Å². The van der Waals surface area contributed by atoms with Crippen LogP contribution in [0.15, 0.2) is 32.0 Å². The molecule has 1 aromatic carbocycles. The zero-order valence-corrected chi connectivity index (χ0v) is 11.7. The van der Waals surface area contributed by atoms with Crippen LogP contribution in [0, 0.1) is 0 Å². The molecular formula is C10H12Br2OS. The molecule has 14 heavy (non-hydrogen) atoms. The molecule has 0 spiro atoms. The molecule has 78 valence electrons. The molecule has 1 aromatic rings. The Bertz CT molecular complexity index is 291. The van der Waals surface area contributed by atoms with E-state index in [-0.39, 0.29) is 0 Å². The summed E-state index contributed by atoms with van der Waals surface area (Å²) in [6.45, 7) is 0.292. The van der Waals surface area contributed by atoms with Crippen molar-refractivity contribution in [1.82, 2.24) is 0 Å². The highest BCUT2D eigenvalue weighted by atomic mass is 79.9. The minimum Gasteiger partial charge on any atom is -0.396 e. The van der Waals surface area contributed by atoms with E-state index in [4.69, 9.17) is 5.11 Å². The van der Waals surface area contributed by atoms with Gasteiger partial charge in [-0.3, -0.25) is 0 Å². The molecule has 0 unspecified atom stereocenters. The summed E-state index contributed by atoms with van der Waals surface area (Å²) in [5, 5.41) is 8.64. The maximum Gasteiger partial charge on any atom is 0.0431 e. The second kappa shape index (κ2) is 6.88. The van der Waals surface area contributed by atoms with Gasteiger partial charge in [-0.1, -0.05) is 15.9 Å². The summed E-state index contributed by atoms with van der Waals surface area (Å²) >= 11 is 8.77. The highest BCUT2D eigenvalue weighted by Gasteiger charge is 2.00. The molecule has 0 atom stereocenters. The number of aliphatic hydroxyl groups is 1. The summed E-state index contributed by atoms with van der Waals surface area (Å²) in [7, 11) is 0. The molecule has 0 aliphatic rings. The minimum absolute atomic E-state index is 0.292. The Morgan fingerprint density at radius 1 is 1.21 bits per heavy atom. The predicted molar refractivity (Wildman–Crippen MR) is 68.9 cm³/mol. The first-order valence-electron chi connectivity index (χ1n) is 4.43. The van der Waals surface area contributed by atoms with Crippen molar-refractivity contribution >= 4 is 43.6 Å². The van der Waals surface area contributed by atoms with E-state index < -0.39 is 0 Å². The molecule has 0 amide bonds. The van der Waals surface area contributed by atoms with Crippen LogP contribution in [0.4, 0.5) is 0 Å². The lowest BCUT2D eigenvalue weighted by molar-refractivity contribution is 0.287. The van der Waals surface area contributed by atoms with Gasteiger partial charge in [0.05, 0.1) is 0 Å². The van der Waals surface area contributed by atoms with Gasteiger partial charge in [0.1, 0.15) is 0 Å². The van der Waals surface area contributed by atoms with Crippen molar-refractivity contribution < 1.29 is 5.11 Å². The maximum absolute atomic E-state index is 8.64. The van der Waals surface area contributed by atoms with Crippen LogP contribution in [0.5, 0.6) is 0 Å². The third-order valence-corrected chi connectivity index (χ3v) is 4.29. The first kappa shape index (κ1) is 12.6. The van der Waals surface area contributed by atoms with Crippen molar-refractivity contribution in [2.45, 2.75) is 17.7 Å². The number of hydrogen-bond acceptors (Lipinski definition) is 2. The third-order valence-electron chi connectivity index (χ3n) is 1.70. The van der Waals surface area contributed by atoms with E-state index in [1.165, 1.54) is 4.90 Å². The van der Waals surface area contributed by atoms with Crippen LogP contribution in [0.25, 0.3) is 0 Å². The average molecular weight is 340 g/mol. The Hall–Kier alpha value is 0.490. The Balaban J connectivity index is 2.45. The predicted octanol–water partition coefficient (Wildman–Crippen LogP) is 4.08. The van der Waals surface area contributed by atoms with E-state index in [1.54, 1.807) is 0 Å². The van der Waals surface area contributed by atoms with Gasteiger partial charge in [-0.25, -0.2) is 0 Å². The third kappa shape index (κ3) is 4.34. The summed E-state index contributed by atoms with van der Waals surface area (Å²) < 4.78 is 2.24. The lowest BCUT2D eigenvalue weighted by Gasteiger charge is -2.04. The van der Waals surface area contributed by atoms with Crippen LogP contribution in [-0.4, -0.2) is 17.5 Å². The Kier molecular flexibility index (Phi) is 6.17. The van der Waals surface area contributed by atoms with Gasteiger partial charge < -0.3 is 5.11 Å². The number of aliphatic hydroxyl groups excluding tert-OH is 1. The number of benzene rings is 1. The van der Waals surface area contributed by atoms with E-state index >= 15 is 0 Å². The molecule has 1 N–H and O–H groups in total. The monoisotopic (exact) mass is 338 g/mol. The largest absolute Gasteiger partial charge is 0.396 e. The summed E-state index contributed by atoms with van der Waals surface area (Å²) in [5.74, 6) is 1.05. The van der Waals surface area contributed by atoms with E-state index in [0.29, 0.717) is 6.61 Å². The quantitative estimate of drug-likeness (QED) is 0.644. The molecule has 0 aliphatic heterocycles. The van der Waals surface area contributed by atoms with Gasteiger partial charge in [-0.2, -0.15) is 0 Å². The molecule has 0 radical (unpaired) electrons. The van der Waals surface area contributed by atoms with E-state index in [0.717, 1.165) is 27.5 Å². The fraction of sp³-hybridized carbons (Fsp3) is 0.400. The Morgan fingerprint density at radius 2 is 2.00 bits per heavy atom. The number of rotatable bonds is 5. The van der Waals surface area contributed by atoms with Gasteiger partial charge in [0, 0.05) is 20.4 Å². The van der Waals surface area contributed by atoms with Crippen LogP contribution in [0.3, 0.4) is 0 Å². The topological polar surface area (TPSA) is 20.2 Å². The van der Waals surface area contributed by atoms with Crippen molar-refractivity contribution in [2.75, 3.05) is 12.4 Å². The summed E-state index contributed by atoms with van der Waals surface area (Å²) in [6.07, 6.45) is 1.94.